The molecule has 0 aliphatic carbocycles. The molecule has 0 unspecified atom stereocenters. The lowest BCUT2D eigenvalue weighted by Crippen LogP contribution is -2.43. The zero-order chi connectivity index (χ0) is 17.5. The van der Waals surface area contributed by atoms with E-state index in [1.807, 2.05) is 17.0 Å². The highest BCUT2D eigenvalue weighted by Crippen LogP contribution is 2.18. The van der Waals surface area contributed by atoms with E-state index in [1.165, 1.54) is 16.7 Å². The largest absolute Gasteiger partial charge is 0.338 e. The van der Waals surface area contributed by atoms with Gasteiger partial charge in [0, 0.05) is 26.2 Å². The Morgan fingerprint density at radius 3 is 2.60 bits per heavy atom. The van der Waals surface area contributed by atoms with Crippen LogP contribution < -0.4 is 5.32 Å². The van der Waals surface area contributed by atoms with Gasteiger partial charge in [0.25, 0.3) is 0 Å². The summed E-state index contributed by atoms with van der Waals surface area (Å²) in [5, 5.41) is 3.06. The molecule has 1 N–H and O–H groups in total. The van der Waals surface area contributed by atoms with Gasteiger partial charge >= 0.3 is 6.03 Å². The highest BCUT2D eigenvalue weighted by molar-refractivity contribution is 5.74. The fourth-order valence-electron chi connectivity index (χ4n) is 3.30. The Kier molecular flexibility index (Phi) is 6.07. The molecule has 132 valence electrons. The molecule has 0 saturated heterocycles. The van der Waals surface area contributed by atoms with E-state index in [2.05, 4.69) is 59.7 Å². The Labute approximate surface area is 150 Å². The summed E-state index contributed by atoms with van der Waals surface area (Å²) in [6.45, 7) is 4.15. The maximum atomic E-state index is 12.3. The first kappa shape index (κ1) is 17.5. The second-order valence-electron chi connectivity index (χ2n) is 6.75. The maximum Gasteiger partial charge on any atom is 0.317 e. The molecule has 0 atom stereocenters. The van der Waals surface area contributed by atoms with Crippen LogP contribution in [0.5, 0.6) is 0 Å². The lowest BCUT2D eigenvalue weighted by Gasteiger charge is -2.29. The topological polar surface area (TPSA) is 35.6 Å². The first-order valence-corrected chi connectivity index (χ1v) is 9.04. The summed E-state index contributed by atoms with van der Waals surface area (Å²) in [5.41, 5.74) is 3.96. The number of urea groups is 1. The fourth-order valence-corrected chi connectivity index (χ4v) is 3.30. The van der Waals surface area contributed by atoms with Crippen molar-refractivity contribution in [3.63, 3.8) is 0 Å². The number of hydrogen-bond donors (Lipinski definition) is 1. The molecule has 2 aromatic carbocycles. The molecule has 2 amide bonds. The van der Waals surface area contributed by atoms with E-state index in [-0.39, 0.29) is 6.03 Å². The van der Waals surface area contributed by atoms with Crippen LogP contribution in [-0.4, -0.2) is 42.5 Å². The van der Waals surface area contributed by atoms with Gasteiger partial charge in [0.2, 0.25) is 0 Å². The first-order chi connectivity index (χ1) is 12.2. The van der Waals surface area contributed by atoms with E-state index in [0.717, 1.165) is 45.6 Å². The fraction of sp³-hybridized carbons (Fsp3) is 0.381. The SMILES string of the molecule is CN(CCCNC(=O)N1CCc2ccccc2C1)Cc1ccccc1. The lowest BCUT2D eigenvalue weighted by atomic mass is 10.0. The van der Waals surface area contributed by atoms with Gasteiger partial charge in [-0.25, -0.2) is 4.79 Å². The smallest absolute Gasteiger partial charge is 0.317 e. The van der Waals surface area contributed by atoms with Gasteiger partial charge in [0.1, 0.15) is 0 Å². The Morgan fingerprint density at radius 1 is 1.08 bits per heavy atom. The minimum absolute atomic E-state index is 0.0558. The van der Waals surface area contributed by atoms with Crippen molar-refractivity contribution in [2.45, 2.75) is 25.9 Å². The van der Waals surface area contributed by atoms with Crippen molar-refractivity contribution in [2.75, 3.05) is 26.7 Å². The number of fused-ring (bicyclic) bond motifs is 1. The van der Waals surface area contributed by atoms with Crippen molar-refractivity contribution in [2.24, 2.45) is 0 Å². The second kappa shape index (κ2) is 8.67. The third-order valence-electron chi connectivity index (χ3n) is 4.71. The van der Waals surface area contributed by atoms with Crippen LogP contribution in [0.3, 0.4) is 0 Å². The number of amides is 2. The van der Waals surface area contributed by atoms with Crippen LogP contribution >= 0.6 is 0 Å². The van der Waals surface area contributed by atoms with Gasteiger partial charge in [0.05, 0.1) is 0 Å². The summed E-state index contributed by atoms with van der Waals surface area (Å²) >= 11 is 0. The van der Waals surface area contributed by atoms with Crippen molar-refractivity contribution in [3.8, 4) is 0 Å². The van der Waals surface area contributed by atoms with Crippen molar-refractivity contribution in [1.82, 2.24) is 15.1 Å². The Balaban J connectivity index is 1.36. The molecule has 1 aliphatic heterocycles. The van der Waals surface area contributed by atoms with Crippen LogP contribution in [0.25, 0.3) is 0 Å². The monoisotopic (exact) mass is 337 g/mol. The van der Waals surface area contributed by atoms with Gasteiger partial charge in [0.15, 0.2) is 0 Å². The number of carbonyl (C=O) groups is 1. The highest BCUT2D eigenvalue weighted by atomic mass is 16.2. The molecule has 0 saturated carbocycles. The summed E-state index contributed by atoms with van der Waals surface area (Å²) < 4.78 is 0. The second-order valence-corrected chi connectivity index (χ2v) is 6.75. The zero-order valence-electron chi connectivity index (χ0n) is 14.9. The summed E-state index contributed by atoms with van der Waals surface area (Å²) in [7, 11) is 2.12. The van der Waals surface area contributed by atoms with Crippen molar-refractivity contribution >= 4 is 6.03 Å². The summed E-state index contributed by atoms with van der Waals surface area (Å²) in [5.74, 6) is 0. The quantitative estimate of drug-likeness (QED) is 0.821. The number of hydrogen-bond acceptors (Lipinski definition) is 2. The van der Waals surface area contributed by atoms with E-state index < -0.39 is 0 Å². The van der Waals surface area contributed by atoms with Crippen LogP contribution in [0.2, 0.25) is 0 Å². The van der Waals surface area contributed by atoms with E-state index in [1.54, 1.807) is 0 Å². The molecule has 25 heavy (non-hydrogen) atoms. The molecule has 4 nitrogen and oxygen atoms in total. The molecule has 0 spiro atoms. The molecule has 0 radical (unpaired) electrons. The molecule has 1 heterocycles. The first-order valence-electron chi connectivity index (χ1n) is 9.04. The van der Waals surface area contributed by atoms with E-state index in [9.17, 15) is 4.79 Å². The predicted molar refractivity (Wildman–Crippen MR) is 101 cm³/mol. The van der Waals surface area contributed by atoms with Gasteiger partial charge in [-0.05, 0) is 43.1 Å². The molecule has 0 bridgehead atoms. The number of rotatable bonds is 6. The van der Waals surface area contributed by atoms with Gasteiger partial charge in [-0.15, -0.1) is 0 Å². The van der Waals surface area contributed by atoms with Crippen LogP contribution in [0.15, 0.2) is 54.6 Å². The standard InChI is InChI=1S/C21H27N3O/c1-23(16-18-8-3-2-4-9-18)14-7-13-22-21(25)24-15-12-19-10-5-6-11-20(19)17-24/h2-6,8-11H,7,12-17H2,1H3,(H,22,25). The lowest BCUT2D eigenvalue weighted by molar-refractivity contribution is 0.191. The zero-order valence-corrected chi connectivity index (χ0v) is 14.9. The van der Waals surface area contributed by atoms with Gasteiger partial charge in [-0.1, -0.05) is 54.6 Å². The summed E-state index contributed by atoms with van der Waals surface area (Å²) in [6.07, 6.45) is 1.91. The Morgan fingerprint density at radius 2 is 1.80 bits per heavy atom. The van der Waals surface area contributed by atoms with E-state index in [0.29, 0.717) is 0 Å². The molecule has 2 aromatic rings. The summed E-state index contributed by atoms with van der Waals surface area (Å²) in [6, 6.07) is 18.9. The Hall–Kier alpha value is -2.33. The van der Waals surface area contributed by atoms with Crippen LogP contribution in [0.1, 0.15) is 23.1 Å². The minimum Gasteiger partial charge on any atom is -0.338 e. The molecule has 1 aliphatic rings. The normalized spacial score (nSPS) is 13.6. The molecule has 4 heteroatoms. The minimum atomic E-state index is 0.0558. The number of nitrogens with one attached hydrogen (secondary N) is 1. The maximum absolute atomic E-state index is 12.3. The van der Waals surface area contributed by atoms with Gasteiger partial charge < -0.3 is 15.1 Å². The average molecular weight is 337 g/mol. The highest BCUT2D eigenvalue weighted by Gasteiger charge is 2.19. The molecule has 3 rings (SSSR count). The molecule has 0 aromatic heterocycles. The Bertz CT molecular complexity index is 687. The third kappa shape index (κ3) is 5.07. The van der Waals surface area contributed by atoms with Crippen LogP contribution in [0.4, 0.5) is 4.79 Å². The molecular formula is C21H27N3O. The van der Waals surface area contributed by atoms with E-state index >= 15 is 0 Å². The molecule has 0 fully saturated rings. The van der Waals surface area contributed by atoms with Crippen LogP contribution in [0, 0.1) is 0 Å². The number of benzene rings is 2. The van der Waals surface area contributed by atoms with E-state index in [4.69, 9.17) is 0 Å². The van der Waals surface area contributed by atoms with Gasteiger partial charge in [-0.2, -0.15) is 0 Å². The van der Waals surface area contributed by atoms with Crippen molar-refractivity contribution in [3.05, 3.63) is 71.3 Å². The number of carbonyl (C=O) groups excluding carboxylic acids is 1. The predicted octanol–water partition coefficient (Wildman–Crippen LogP) is 3.28. The van der Waals surface area contributed by atoms with Crippen molar-refractivity contribution in [1.29, 1.82) is 0 Å². The average Bonchev–Trinajstić information content (AvgIpc) is 2.65. The van der Waals surface area contributed by atoms with Crippen LogP contribution in [-0.2, 0) is 19.5 Å². The van der Waals surface area contributed by atoms with Gasteiger partial charge in [-0.3, -0.25) is 0 Å². The third-order valence-corrected chi connectivity index (χ3v) is 4.71. The van der Waals surface area contributed by atoms with Crippen molar-refractivity contribution < 1.29 is 4.79 Å². The summed E-state index contributed by atoms with van der Waals surface area (Å²) in [4.78, 5) is 16.5. The number of nitrogens with zero attached hydrogens (tertiary/aromatic N) is 2. The molecular weight excluding hydrogens is 310 g/mol.